The van der Waals surface area contributed by atoms with Crippen LogP contribution in [-0.2, 0) is 14.8 Å². The van der Waals surface area contributed by atoms with Crippen molar-refractivity contribution < 1.29 is 17.9 Å². The van der Waals surface area contributed by atoms with Crippen LogP contribution in [0.2, 0.25) is 0 Å². The van der Waals surface area contributed by atoms with Crippen LogP contribution in [0, 0.1) is 5.92 Å². The summed E-state index contributed by atoms with van der Waals surface area (Å²) in [6.07, 6.45) is 3.54. The minimum atomic E-state index is -3.34. The van der Waals surface area contributed by atoms with Crippen LogP contribution in [-0.4, -0.2) is 46.8 Å². The molecule has 2 aromatic rings. The summed E-state index contributed by atoms with van der Waals surface area (Å²) in [5, 5.41) is 3.06. The van der Waals surface area contributed by atoms with E-state index in [1.54, 1.807) is 24.3 Å². The van der Waals surface area contributed by atoms with Gasteiger partial charge >= 0.3 is 0 Å². The number of anilines is 2. The monoisotopic (exact) mass is 487 g/mol. The molecule has 0 aromatic heterocycles. The van der Waals surface area contributed by atoms with Gasteiger partial charge in [0.2, 0.25) is 10.0 Å². The van der Waals surface area contributed by atoms with E-state index in [-0.39, 0.29) is 11.9 Å². The average molecular weight is 488 g/mol. The van der Waals surface area contributed by atoms with Crippen LogP contribution in [0.3, 0.4) is 0 Å². The Hall–Kier alpha value is -2.74. The minimum Gasteiger partial charge on any atom is -0.481 e. The van der Waals surface area contributed by atoms with Gasteiger partial charge in [0.25, 0.3) is 5.91 Å². The number of ether oxygens (including phenoxy) is 1. The van der Waals surface area contributed by atoms with E-state index in [9.17, 15) is 13.2 Å². The highest BCUT2D eigenvalue weighted by Gasteiger charge is 2.22. The van der Waals surface area contributed by atoms with Gasteiger partial charge in [0, 0.05) is 25.8 Å². The number of piperidine rings is 1. The maximum Gasteiger partial charge on any atom is 0.261 e. The van der Waals surface area contributed by atoms with Crippen molar-refractivity contribution in [1.82, 2.24) is 5.32 Å². The van der Waals surface area contributed by atoms with Crippen molar-refractivity contribution in [3.8, 4) is 5.75 Å². The predicted octanol–water partition coefficient (Wildman–Crippen LogP) is 4.35. The summed E-state index contributed by atoms with van der Waals surface area (Å²) in [5.74, 6) is 1.05. The number of hydrogen-bond donors (Lipinski definition) is 1. The Morgan fingerprint density at radius 2 is 1.82 bits per heavy atom. The molecular weight excluding hydrogens is 450 g/mol. The quantitative estimate of drug-likeness (QED) is 0.569. The highest BCUT2D eigenvalue weighted by molar-refractivity contribution is 7.92. The molecule has 1 aliphatic heterocycles. The second kappa shape index (κ2) is 11.1. The molecule has 1 saturated heterocycles. The van der Waals surface area contributed by atoms with Gasteiger partial charge in [0.15, 0.2) is 6.10 Å². The van der Waals surface area contributed by atoms with E-state index in [1.807, 2.05) is 13.8 Å². The summed E-state index contributed by atoms with van der Waals surface area (Å²) < 4.78 is 30.5. The first-order chi connectivity index (χ1) is 16.1. The lowest BCUT2D eigenvalue weighted by atomic mass is 9.99. The molecule has 0 bridgehead atoms. The van der Waals surface area contributed by atoms with Gasteiger partial charge in [-0.15, -0.1) is 0 Å². The van der Waals surface area contributed by atoms with Crippen molar-refractivity contribution in [2.24, 2.45) is 5.92 Å². The molecule has 34 heavy (non-hydrogen) atoms. The van der Waals surface area contributed by atoms with Gasteiger partial charge in [0.05, 0.1) is 18.0 Å². The molecule has 7 nitrogen and oxygen atoms in total. The molecule has 0 aliphatic carbocycles. The first kappa shape index (κ1) is 25.9. The maximum atomic E-state index is 12.9. The lowest BCUT2D eigenvalue weighted by molar-refractivity contribution is -0.128. The minimum absolute atomic E-state index is 0.148. The third-order valence-electron chi connectivity index (χ3n) is 6.41. The first-order valence-corrected chi connectivity index (χ1v) is 13.8. The summed E-state index contributed by atoms with van der Waals surface area (Å²) in [7, 11) is -1.84. The Labute approximate surface area is 204 Å². The Morgan fingerprint density at radius 1 is 1.18 bits per heavy atom. The number of nitrogens with zero attached hydrogens (tertiary/aromatic N) is 2. The fraction of sp³-hybridized carbons (Fsp3) is 0.500. The molecule has 0 radical (unpaired) electrons. The van der Waals surface area contributed by atoms with Gasteiger partial charge in [0.1, 0.15) is 5.75 Å². The summed E-state index contributed by atoms with van der Waals surface area (Å²) >= 11 is 0. The van der Waals surface area contributed by atoms with Crippen LogP contribution >= 0.6 is 0 Å². The molecule has 1 heterocycles. The number of hydrogen-bond acceptors (Lipinski definition) is 5. The van der Waals surface area contributed by atoms with Crippen LogP contribution in [0.5, 0.6) is 5.75 Å². The van der Waals surface area contributed by atoms with Gasteiger partial charge in [-0.05, 0) is 74.1 Å². The van der Waals surface area contributed by atoms with Crippen molar-refractivity contribution in [3.05, 3.63) is 54.1 Å². The molecule has 1 aliphatic rings. The zero-order valence-electron chi connectivity index (χ0n) is 20.8. The third kappa shape index (κ3) is 6.65. The van der Waals surface area contributed by atoms with Crippen molar-refractivity contribution >= 4 is 27.3 Å². The lowest BCUT2D eigenvalue weighted by Crippen LogP contribution is -2.39. The molecule has 3 atom stereocenters. The Bertz CT molecular complexity index is 1050. The Kier molecular flexibility index (Phi) is 8.47. The Morgan fingerprint density at radius 3 is 2.38 bits per heavy atom. The number of carbonyl (C=O) groups is 1. The zero-order valence-corrected chi connectivity index (χ0v) is 21.6. The molecule has 1 N–H and O–H groups in total. The second-order valence-electron chi connectivity index (χ2n) is 9.25. The van der Waals surface area contributed by atoms with Gasteiger partial charge in [-0.1, -0.05) is 26.0 Å². The molecule has 2 aromatic carbocycles. The predicted molar refractivity (Wildman–Crippen MR) is 138 cm³/mol. The number of rotatable bonds is 9. The Balaban J connectivity index is 1.59. The molecule has 3 rings (SSSR count). The van der Waals surface area contributed by atoms with E-state index < -0.39 is 16.1 Å². The summed E-state index contributed by atoms with van der Waals surface area (Å²) in [4.78, 5) is 15.3. The normalized spacial score (nSPS) is 18.1. The number of benzene rings is 2. The highest BCUT2D eigenvalue weighted by atomic mass is 32.2. The van der Waals surface area contributed by atoms with Crippen molar-refractivity contribution in [1.29, 1.82) is 0 Å². The number of nitrogens with one attached hydrogen (secondary N) is 1. The molecule has 186 valence electrons. The van der Waals surface area contributed by atoms with Crippen LogP contribution in [0.4, 0.5) is 11.4 Å². The molecule has 0 spiro atoms. The number of sulfonamides is 1. The third-order valence-corrected chi connectivity index (χ3v) is 7.62. The van der Waals surface area contributed by atoms with Crippen LogP contribution in [0.15, 0.2) is 48.5 Å². The van der Waals surface area contributed by atoms with E-state index in [0.29, 0.717) is 17.9 Å². The second-order valence-corrected chi connectivity index (χ2v) is 11.3. The maximum absolute atomic E-state index is 12.9. The molecule has 1 amide bonds. The largest absolute Gasteiger partial charge is 0.481 e. The molecule has 0 unspecified atom stereocenters. The number of amides is 1. The van der Waals surface area contributed by atoms with E-state index in [4.69, 9.17) is 4.74 Å². The fourth-order valence-electron chi connectivity index (χ4n) is 4.20. The van der Waals surface area contributed by atoms with E-state index in [2.05, 4.69) is 41.4 Å². The molecular formula is C26H37N3O4S. The topological polar surface area (TPSA) is 78.9 Å². The molecule has 1 fully saturated rings. The fourth-order valence-corrected chi connectivity index (χ4v) is 4.70. The van der Waals surface area contributed by atoms with Crippen molar-refractivity contribution in [2.75, 3.05) is 35.6 Å². The SMILES string of the molecule is CC[C@H](Oc1ccc(N(C)S(C)(=O)=O)cc1)C(=O)N[C@@H](C)c1ccc(N2CCC[C@@H](C)C2)cc1. The zero-order chi connectivity index (χ0) is 24.9. The van der Waals surface area contributed by atoms with Crippen molar-refractivity contribution in [3.63, 3.8) is 0 Å². The lowest BCUT2D eigenvalue weighted by Gasteiger charge is -2.33. The standard InChI is InChI=1S/C26H37N3O4S/c1-6-25(33-24-15-13-22(14-16-24)28(4)34(5,31)32)26(30)27-20(3)21-9-11-23(12-10-21)29-17-7-8-19(2)18-29/h9-16,19-20,25H,6-8,17-18H2,1-5H3,(H,27,30)/t19-,20+,25+/m1/s1. The smallest absolute Gasteiger partial charge is 0.261 e. The first-order valence-electron chi connectivity index (χ1n) is 11.9. The van der Waals surface area contributed by atoms with Crippen LogP contribution < -0.4 is 19.3 Å². The van der Waals surface area contributed by atoms with E-state index in [1.165, 1.54) is 29.9 Å². The van der Waals surface area contributed by atoms with Gasteiger partial charge in [-0.2, -0.15) is 0 Å². The highest BCUT2D eigenvalue weighted by Crippen LogP contribution is 2.25. The molecule has 8 heteroatoms. The number of carbonyl (C=O) groups excluding carboxylic acids is 1. The summed E-state index contributed by atoms with van der Waals surface area (Å²) in [6.45, 7) is 8.35. The molecule has 0 saturated carbocycles. The van der Waals surface area contributed by atoms with Crippen LogP contribution in [0.1, 0.15) is 51.6 Å². The van der Waals surface area contributed by atoms with E-state index in [0.717, 1.165) is 30.8 Å². The van der Waals surface area contributed by atoms with Gasteiger partial charge < -0.3 is 15.0 Å². The van der Waals surface area contributed by atoms with Gasteiger partial charge in [-0.25, -0.2) is 8.42 Å². The van der Waals surface area contributed by atoms with E-state index >= 15 is 0 Å². The summed E-state index contributed by atoms with van der Waals surface area (Å²) in [5.41, 5.74) is 2.81. The average Bonchev–Trinajstić information content (AvgIpc) is 2.82. The van der Waals surface area contributed by atoms with Crippen LogP contribution in [0.25, 0.3) is 0 Å². The van der Waals surface area contributed by atoms with Crippen molar-refractivity contribution in [2.45, 2.75) is 52.2 Å². The van der Waals surface area contributed by atoms with Gasteiger partial charge in [-0.3, -0.25) is 9.10 Å². The summed E-state index contributed by atoms with van der Waals surface area (Å²) in [6, 6.07) is 15.0.